The van der Waals surface area contributed by atoms with E-state index in [4.69, 9.17) is 9.72 Å². The molecular formula is C20H17N3O2. The average Bonchev–Trinajstić information content (AvgIpc) is 3.24. The summed E-state index contributed by atoms with van der Waals surface area (Å²) >= 11 is 0. The van der Waals surface area contributed by atoms with Crippen molar-refractivity contribution in [1.82, 2.24) is 15.0 Å². The summed E-state index contributed by atoms with van der Waals surface area (Å²) in [4.78, 5) is 23.0. The van der Waals surface area contributed by atoms with Crippen molar-refractivity contribution in [1.29, 1.82) is 0 Å². The predicted molar refractivity (Wildman–Crippen MR) is 97.4 cm³/mol. The molecule has 0 spiro atoms. The second-order valence-electron chi connectivity index (χ2n) is 5.88. The summed E-state index contributed by atoms with van der Waals surface area (Å²) in [6.07, 6.45) is 1.90. The van der Waals surface area contributed by atoms with Crippen LogP contribution in [0.25, 0.3) is 33.5 Å². The summed E-state index contributed by atoms with van der Waals surface area (Å²) in [7, 11) is 1.38. The molecule has 0 radical (unpaired) electrons. The number of nitrogens with zero attached hydrogens (tertiary/aromatic N) is 1. The number of carbonyl (C=O) groups is 1. The lowest BCUT2D eigenvalue weighted by Gasteiger charge is -2.00. The molecule has 2 aromatic heterocycles. The van der Waals surface area contributed by atoms with Crippen LogP contribution in [-0.4, -0.2) is 28.0 Å². The van der Waals surface area contributed by atoms with Crippen LogP contribution >= 0.6 is 0 Å². The highest BCUT2D eigenvalue weighted by Crippen LogP contribution is 2.30. The molecule has 4 rings (SSSR count). The average molecular weight is 331 g/mol. The Morgan fingerprint density at radius 1 is 1.12 bits per heavy atom. The first-order chi connectivity index (χ1) is 12.2. The SMILES string of the molecule is COC(=O)c1ccc2c(-c3nc(-c4ccccc4)c(C)[nH]3)c[nH]c2c1. The number of fused-ring (bicyclic) bond motifs is 1. The second-order valence-corrected chi connectivity index (χ2v) is 5.88. The van der Waals surface area contributed by atoms with Gasteiger partial charge in [0, 0.05) is 33.9 Å². The van der Waals surface area contributed by atoms with Gasteiger partial charge >= 0.3 is 5.97 Å². The zero-order valence-electron chi connectivity index (χ0n) is 14.0. The van der Waals surface area contributed by atoms with Gasteiger partial charge in [-0.1, -0.05) is 36.4 Å². The summed E-state index contributed by atoms with van der Waals surface area (Å²) in [5, 5.41) is 1.00. The number of ether oxygens (including phenoxy) is 1. The van der Waals surface area contributed by atoms with Crippen LogP contribution in [0.1, 0.15) is 16.1 Å². The van der Waals surface area contributed by atoms with Crippen LogP contribution < -0.4 is 0 Å². The number of rotatable bonds is 3. The molecule has 25 heavy (non-hydrogen) atoms. The molecule has 0 amide bonds. The number of aryl methyl sites for hydroxylation is 1. The minimum Gasteiger partial charge on any atom is -0.465 e. The van der Waals surface area contributed by atoms with Crippen molar-refractivity contribution in [2.75, 3.05) is 7.11 Å². The van der Waals surface area contributed by atoms with E-state index < -0.39 is 0 Å². The molecule has 0 aliphatic carbocycles. The quantitative estimate of drug-likeness (QED) is 0.549. The van der Waals surface area contributed by atoms with E-state index in [1.807, 2.05) is 49.5 Å². The normalized spacial score (nSPS) is 11.0. The fraction of sp³-hybridized carbons (Fsp3) is 0.100. The van der Waals surface area contributed by atoms with Crippen LogP contribution in [0.15, 0.2) is 54.7 Å². The first-order valence-electron chi connectivity index (χ1n) is 7.99. The van der Waals surface area contributed by atoms with E-state index in [1.165, 1.54) is 7.11 Å². The third kappa shape index (κ3) is 2.59. The van der Waals surface area contributed by atoms with Crippen LogP contribution in [-0.2, 0) is 4.74 Å². The van der Waals surface area contributed by atoms with Gasteiger partial charge < -0.3 is 14.7 Å². The van der Waals surface area contributed by atoms with Gasteiger partial charge in [-0.2, -0.15) is 0 Å². The lowest BCUT2D eigenvalue weighted by Crippen LogP contribution is -2.00. The molecule has 2 N–H and O–H groups in total. The number of nitrogens with one attached hydrogen (secondary N) is 2. The van der Waals surface area contributed by atoms with Gasteiger partial charge in [0.25, 0.3) is 0 Å². The van der Waals surface area contributed by atoms with Gasteiger partial charge in [-0.15, -0.1) is 0 Å². The summed E-state index contributed by atoms with van der Waals surface area (Å²) in [5.41, 5.74) is 5.39. The minimum atomic E-state index is -0.349. The third-order valence-corrected chi connectivity index (χ3v) is 4.29. The monoisotopic (exact) mass is 331 g/mol. The van der Waals surface area contributed by atoms with Crippen molar-refractivity contribution in [2.24, 2.45) is 0 Å². The molecule has 2 heterocycles. The molecule has 0 saturated carbocycles. The van der Waals surface area contributed by atoms with Gasteiger partial charge in [-0.3, -0.25) is 0 Å². The first-order valence-corrected chi connectivity index (χ1v) is 7.99. The van der Waals surface area contributed by atoms with E-state index in [0.29, 0.717) is 5.56 Å². The van der Waals surface area contributed by atoms with Gasteiger partial charge in [-0.25, -0.2) is 9.78 Å². The Bertz CT molecular complexity index is 1060. The number of hydrogen-bond acceptors (Lipinski definition) is 3. The standard InChI is InChI=1S/C20H17N3O2/c1-12-18(13-6-4-3-5-7-13)23-19(22-12)16-11-21-17-10-14(20(24)25-2)8-9-15(16)17/h3-11,21H,1-2H3,(H,22,23). The van der Waals surface area contributed by atoms with Crippen molar-refractivity contribution in [3.05, 3.63) is 66.0 Å². The van der Waals surface area contributed by atoms with E-state index >= 15 is 0 Å². The maximum atomic E-state index is 11.7. The predicted octanol–water partition coefficient (Wildman–Crippen LogP) is 4.32. The van der Waals surface area contributed by atoms with E-state index in [1.54, 1.807) is 12.1 Å². The molecule has 2 aromatic carbocycles. The van der Waals surface area contributed by atoms with E-state index in [-0.39, 0.29) is 5.97 Å². The van der Waals surface area contributed by atoms with Crippen LogP contribution in [0.5, 0.6) is 0 Å². The highest BCUT2D eigenvalue weighted by molar-refractivity contribution is 5.99. The largest absolute Gasteiger partial charge is 0.465 e. The van der Waals surface area contributed by atoms with Gasteiger partial charge in [0.15, 0.2) is 0 Å². The number of benzene rings is 2. The van der Waals surface area contributed by atoms with Gasteiger partial charge in [-0.05, 0) is 19.1 Å². The molecule has 124 valence electrons. The molecule has 0 aliphatic rings. The number of aromatic nitrogens is 3. The lowest BCUT2D eigenvalue weighted by molar-refractivity contribution is 0.0601. The molecule has 5 heteroatoms. The van der Waals surface area contributed by atoms with Crippen molar-refractivity contribution >= 4 is 16.9 Å². The summed E-state index contributed by atoms with van der Waals surface area (Å²) < 4.78 is 4.77. The van der Waals surface area contributed by atoms with Gasteiger partial charge in [0.1, 0.15) is 5.82 Å². The van der Waals surface area contributed by atoms with Crippen molar-refractivity contribution in [2.45, 2.75) is 6.92 Å². The summed E-state index contributed by atoms with van der Waals surface area (Å²) in [5.74, 6) is 0.451. The Balaban J connectivity index is 1.79. The summed E-state index contributed by atoms with van der Waals surface area (Å²) in [6.45, 7) is 2.02. The number of carbonyl (C=O) groups excluding carboxylic acids is 1. The Kier molecular flexibility index (Phi) is 3.61. The van der Waals surface area contributed by atoms with Crippen molar-refractivity contribution in [3.8, 4) is 22.6 Å². The number of hydrogen-bond donors (Lipinski definition) is 2. The van der Waals surface area contributed by atoms with E-state index in [9.17, 15) is 4.79 Å². The smallest absolute Gasteiger partial charge is 0.337 e. The van der Waals surface area contributed by atoms with Crippen molar-refractivity contribution in [3.63, 3.8) is 0 Å². The lowest BCUT2D eigenvalue weighted by atomic mass is 10.1. The van der Waals surface area contributed by atoms with E-state index in [2.05, 4.69) is 9.97 Å². The zero-order valence-corrected chi connectivity index (χ0v) is 14.0. The number of methoxy groups -OCH3 is 1. The maximum absolute atomic E-state index is 11.7. The van der Waals surface area contributed by atoms with Gasteiger partial charge in [0.2, 0.25) is 0 Å². The molecule has 0 aliphatic heterocycles. The van der Waals surface area contributed by atoms with Crippen LogP contribution in [0, 0.1) is 6.92 Å². The van der Waals surface area contributed by atoms with Crippen LogP contribution in [0.2, 0.25) is 0 Å². The van der Waals surface area contributed by atoms with Gasteiger partial charge in [0.05, 0.1) is 18.4 Å². The molecule has 4 aromatic rings. The molecule has 0 saturated heterocycles. The fourth-order valence-corrected chi connectivity index (χ4v) is 3.03. The Morgan fingerprint density at radius 3 is 2.68 bits per heavy atom. The minimum absolute atomic E-state index is 0.349. The Morgan fingerprint density at radius 2 is 1.92 bits per heavy atom. The number of esters is 1. The first kappa shape index (κ1) is 15.2. The molecule has 0 atom stereocenters. The molecular weight excluding hydrogens is 314 g/mol. The number of aromatic amines is 2. The third-order valence-electron chi connectivity index (χ3n) is 4.29. The Hall–Kier alpha value is -3.34. The molecule has 5 nitrogen and oxygen atoms in total. The maximum Gasteiger partial charge on any atom is 0.337 e. The Labute approximate surface area is 144 Å². The van der Waals surface area contributed by atoms with E-state index in [0.717, 1.165) is 39.2 Å². The zero-order chi connectivity index (χ0) is 17.4. The van der Waals surface area contributed by atoms with Crippen molar-refractivity contribution < 1.29 is 9.53 Å². The highest BCUT2D eigenvalue weighted by Gasteiger charge is 2.15. The highest BCUT2D eigenvalue weighted by atomic mass is 16.5. The second kappa shape index (κ2) is 5.94. The van der Waals surface area contributed by atoms with Crippen LogP contribution in [0.4, 0.5) is 0 Å². The number of imidazole rings is 1. The molecule has 0 unspecified atom stereocenters. The molecule has 0 fully saturated rings. The fourth-order valence-electron chi connectivity index (χ4n) is 3.03. The molecule has 0 bridgehead atoms. The summed E-state index contributed by atoms with van der Waals surface area (Å²) in [6, 6.07) is 15.6. The van der Waals surface area contributed by atoms with Crippen LogP contribution in [0.3, 0.4) is 0 Å². The number of H-pyrrole nitrogens is 2. The topological polar surface area (TPSA) is 70.8 Å².